The van der Waals surface area contributed by atoms with Crippen molar-refractivity contribution in [2.45, 2.75) is 47.0 Å². The van der Waals surface area contributed by atoms with Crippen LogP contribution in [-0.4, -0.2) is 7.12 Å². The zero-order valence-electron chi connectivity index (χ0n) is 17.2. The molecule has 1 aliphatic heterocycles. The molecule has 3 aromatic rings. The summed E-state index contributed by atoms with van der Waals surface area (Å²) < 4.78 is 13.0. The van der Waals surface area contributed by atoms with Gasteiger partial charge >= 0.3 is 7.12 Å². The topological polar surface area (TPSA) is 18.5 Å². The van der Waals surface area contributed by atoms with Crippen LogP contribution in [0.25, 0.3) is 0 Å². The molecule has 2 nitrogen and oxygen atoms in total. The highest BCUT2D eigenvalue weighted by molar-refractivity contribution is 6.62. The van der Waals surface area contributed by atoms with Crippen LogP contribution in [0.3, 0.4) is 0 Å². The van der Waals surface area contributed by atoms with E-state index in [0.29, 0.717) is 0 Å². The van der Waals surface area contributed by atoms with Crippen molar-refractivity contribution in [2.75, 3.05) is 0 Å². The smallest absolute Gasteiger partial charge is 0.522 e. The fourth-order valence-electron chi connectivity index (χ4n) is 4.05. The molecule has 0 atom stereocenters. The molecule has 3 aromatic carbocycles. The van der Waals surface area contributed by atoms with Crippen molar-refractivity contribution in [1.82, 2.24) is 0 Å². The van der Waals surface area contributed by atoms with Gasteiger partial charge in [-0.25, -0.2) is 0 Å². The van der Waals surface area contributed by atoms with Gasteiger partial charge in [0.05, 0.1) is 0 Å². The van der Waals surface area contributed by atoms with Crippen LogP contribution in [0.1, 0.15) is 47.2 Å². The van der Waals surface area contributed by atoms with Crippen LogP contribution in [-0.2, 0) is 19.3 Å². The number of benzene rings is 3. The molecule has 0 saturated heterocycles. The maximum absolute atomic E-state index is 6.50. The van der Waals surface area contributed by atoms with Crippen LogP contribution < -0.4 is 14.8 Å². The third kappa shape index (κ3) is 3.54. The maximum Gasteiger partial charge on any atom is 0.632 e. The Kier molecular flexibility index (Phi) is 5.17. The second-order valence-electron chi connectivity index (χ2n) is 7.66. The van der Waals surface area contributed by atoms with E-state index < -0.39 is 7.12 Å². The van der Waals surface area contributed by atoms with E-state index in [2.05, 4.69) is 64.1 Å². The summed E-state index contributed by atoms with van der Waals surface area (Å²) in [6.45, 7) is 8.68. The van der Waals surface area contributed by atoms with Crippen LogP contribution in [0.4, 0.5) is 0 Å². The van der Waals surface area contributed by atoms with Gasteiger partial charge in [0, 0.05) is 11.9 Å². The second-order valence-corrected chi connectivity index (χ2v) is 7.66. The second kappa shape index (κ2) is 7.75. The van der Waals surface area contributed by atoms with Crippen LogP contribution in [0.2, 0.25) is 0 Å². The fraction of sp³-hybridized carbons (Fsp3) is 0.280. The highest BCUT2D eigenvalue weighted by Crippen LogP contribution is 2.36. The molecule has 0 radical (unpaired) electrons. The van der Waals surface area contributed by atoms with Crippen molar-refractivity contribution in [3.63, 3.8) is 0 Å². The summed E-state index contributed by atoms with van der Waals surface area (Å²) >= 11 is 0. The third-order valence-electron chi connectivity index (χ3n) is 5.54. The number of aryl methyl sites for hydroxylation is 4. The van der Waals surface area contributed by atoms with Gasteiger partial charge in [-0.1, -0.05) is 68.4 Å². The van der Waals surface area contributed by atoms with E-state index in [9.17, 15) is 0 Å². The molecule has 4 rings (SSSR count). The van der Waals surface area contributed by atoms with Crippen molar-refractivity contribution in [3.05, 3.63) is 88.0 Å². The minimum absolute atomic E-state index is 0.462. The molecule has 0 N–H and O–H groups in total. The summed E-state index contributed by atoms with van der Waals surface area (Å²) in [4.78, 5) is 0. The predicted octanol–water partition coefficient (Wildman–Crippen LogP) is 5.19. The minimum atomic E-state index is -0.462. The third-order valence-corrected chi connectivity index (χ3v) is 5.54. The summed E-state index contributed by atoms with van der Waals surface area (Å²) in [5, 5.41) is 0. The Morgan fingerprint density at radius 2 is 1.25 bits per heavy atom. The maximum atomic E-state index is 6.50. The molecule has 0 saturated carbocycles. The lowest BCUT2D eigenvalue weighted by atomic mass is 9.77. The summed E-state index contributed by atoms with van der Waals surface area (Å²) in [5.41, 5.74) is 8.56. The van der Waals surface area contributed by atoms with Crippen LogP contribution in [0.5, 0.6) is 11.5 Å². The first-order valence-electron chi connectivity index (χ1n) is 10.2. The molecule has 28 heavy (non-hydrogen) atoms. The largest absolute Gasteiger partial charge is 0.632 e. The average molecular weight is 370 g/mol. The zero-order chi connectivity index (χ0) is 19.7. The molecule has 1 heterocycles. The van der Waals surface area contributed by atoms with Crippen molar-refractivity contribution in [3.8, 4) is 11.5 Å². The van der Waals surface area contributed by atoms with Gasteiger partial charge in [0.2, 0.25) is 0 Å². The van der Waals surface area contributed by atoms with Crippen LogP contribution in [0, 0.1) is 13.8 Å². The molecular formula is C25H27BO2. The normalized spacial score (nSPS) is 12.9. The standard InChI is InChI=1S/C25H27BO2/c1-5-19-12-17(3)24-21(14-19)16-22-15-20(6-2)13-18(4)25(22)28-26(27-24)23-10-8-7-9-11-23/h7-15H,5-6,16H2,1-4H3. The summed E-state index contributed by atoms with van der Waals surface area (Å²) in [7, 11) is -0.462. The molecule has 0 amide bonds. The number of hydrogen-bond acceptors (Lipinski definition) is 2. The molecule has 3 heteroatoms. The van der Waals surface area contributed by atoms with Crippen LogP contribution >= 0.6 is 0 Å². The highest BCUT2D eigenvalue weighted by atomic mass is 16.6. The van der Waals surface area contributed by atoms with Gasteiger partial charge < -0.3 is 9.31 Å². The lowest BCUT2D eigenvalue weighted by Gasteiger charge is -2.27. The highest BCUT2D eigenvalue weighted by Gasteiger charge is 2.31. The van der Waals surface area contributed by atoms with E-state index in [1.807, 2.05) is 18.2 Å². The lowest BCUT2D eigenvalue weighted by molar-refractivity contribution is 0.424. The molecule has 1 aliphatic rings. The zero-order valence-corrected chi connectivity index (χ0v) is 17.2. The van der Waals surface area contributed by atoms with Gasteiger partial charge in [-0.15, -0.1) is 0 Å². The van der Waals surface area contributed by atoms with Crippen LogP contribution in [0.15, 0.2) is 54.6 Å². The van der Waals surface area contributed by atoms with E-state index in [1.165, 1.54) is 33.4 Å². The summed E-state index contributed by atoms with van der Waals surface area (Å²) in [6, 6.07) is 19.3. The molecule has 0 bridgehead atoms. The minimum Gasteiger partial charge on any atom is -0.522 e. The van der Waals surface area contributed by atoms with E-state index in [-0.39, 0.29) is 0 Å². The lowest BCUT2D eigenvalue weighted by Crippen LogP contribution is -2.44. The Bertz CT molecular complexity index is 934. The average Bonchev–Trinajstić information content (AvgIpc) is 2.69. The monoisotopic (exact) mass is 370 g/mol. The molecule has 0 fully saturated rings. The number of rotatable bonds is 3. The SMILES string of the molecule is CCc1cc(C)c2c(c1)Cc1cc(CC)cc(C)c1OB(c1ccccc1)O2. The summed E-state index contributed by atoms with van der Waals surface area (Å²) in [6.07, 6.45) is 2.87. The van der Waals surface area contributed by atoms with E-state index in [0.717, 1.165) is 36.2 Å². The van der Waals surface area contributed by atoms with E-state index in [1.54, 1.807) is 0 Å². The van der Waals surface area contributed by atoms with Gasteiger partial charge in [0.1, 0.15) is 11.5 Å². The van der Waals surface area contributed by atoms with E-state index >= 15 is 0 Å². The van der Waals surface area contributed by atoms with Gasteiger partial charge in [-0.2, -0.15) is 0 Å². The molecule has 142 valence electrons. The molecule has 0 unspecified atom stereocenters. The first-order valence-corrected chi connectivity index (χ1v) is 10.2. The predicted molar refractivity (Wildman–Crippen MR) is 117 cm³/mol. The Balaban J connectivity index is 1.91. The molecule has 0 aromatic heterocycles. The quantitative estimate of drug-likeness (QED) is 0.591. The van der Waals surface area contributed by atoms with Crippen molar-refractivity contribution < 1.29 is 9.31 Å². The van der Waals surface area contributed by atoms with Gasteiger partial charge in [0.25, 0.3) is 0 Å². The van der Waals surface area contributed by atoms with Crippen molar-refractivity contribution >= 4 is 12.6 Å². The van der Waals surface area contributed by atoms with Gasteiger partial charge in [-0.3, -0.25) is 0 Å². The Morgan fingerprint density at radius 3 is 1.71 bits per heavy atom. The van der Waals surface area contributed by atoms with Crippen molar-refractivity contribution in [1.29, 1.82) is 0 Å². The fourth-order valence-corrected chi connectivity index (χ4v) is 4.05. The van der Waals surface area contributed by atoms with Crippen molar-refractivity contribution in [2.24, 2.45) is 0 Å². The first-order chi connectivity index (χ1) is 13.6. The number of hydrogen-bond donors (Lipinski definition) is 0. The number of fused-ring (bicyclic) bond motifs is 2. The van der Waals surface area contributed by atoms with Gasteiger partial charge in [0.15, 0.2) is 0 Å². The first kappa shape index (κ1) is 18.7. The molecule has 0 spiro atoms. The Labute approximate surface area is 168 Å². The molecule has 0 aliphatic carbocycles. The summed E-state index contributed by atoms with van der Waals surface area (Å²) in [5.74, 6) is 1.91. The van der Waals surface area contributed by atoms with E-state index in [4.69, 9.17) is 9.31 Å². The van der Waals surface area contributed by atoms with Gasteiger partial charge in [-0.05, 0) is 60.1 Å². The Hall–Kier alpha value is -2.68. The molecular weight excluding hydrogens is 343 g/mol. The Morgan fingerprint density at radius 1 is 0.750 bits per heavy atom.